The van der Waals surface area contributed by atoms with Gasteiger partial charge in [-0.2, -0.15) is 0 Å². The van der Waals surface area contributed by atoms with Crippen LogP contribution in [0.25, 0.3) is 0 Å². The fraction of sp³-hybridized carbons (Fsp3) is 1.00. The third kappa shape index (κ3) is 3.54. The van der Waals surface area contributed by atoms with Crippen LogP contribution >= 0.6 is 0 Å². The first-order valence-corrected chi connectivity index (χ1v) is 8.97. The number of ether oxygens (including phenoxy) is 1. The summed E-state index contributed by atoms with van der Waals surface area (Å²) in [6.45, 7) is 0. The Morgan fingerprint density at radius 2 is 1.72 bits per heavy atom. The second kappa shape index (κ2) is 6.48. The predicted octanol–water partition coefficient (Wildman–Crippen LogP) is 2.60. The lowest BCUT2D eigenvalue weighted by Crippen LogP contribution is -2.42. The number of unbranched alkanes of at least 4 members (excludes halogenated alkanes) is 1. The van der Waals surface area contributed by atoms with Crippen LogP contribution < -0.4 is 0 Å². The molecule has 1 saturated carbocycles. The Kier molecular flexibility index (Phi) is 5.21. The molecule has 2 aliphatic rings. The maximum Gasteiger partial charge on any atom is 0.500 e. The van der Waals surface area contributed by atoms with Gasteiger partial charge in [-0.15, -0.1) is 0 Å². The maximum atomic E-state index is 5.57. The largest absolute Gasteiger partial charge is 0.500 e. The normalized spacial score (nSPS) is 31.2. The Hall–Kier alpha value is 0.0569. The summed E-state index contributed by atoms with van der Waals surface area (Å²) in [5, 5.41) is 0. The van der Waals surface area contributed by atoms with Crippen LogP contribution in [0.2, 0.25) is 6.04 Å². The van der Waals surface area contributed by atoms with Crippen LogP contribution in [0, 0.1) is 5.92 Å². The van der Waals surface area contributed by atoms with E-state index in [4.69, 9.17) is 18.0 Å². The van der Waals surface area contributed by atoms with Gasteiger partial charge in [0.05, 0.1) is 12.2 Å². The van der Waals surface area contributed by atoms with E-state index in [0.717, 1.165) is 18.4 Å². The molecule has 3 unspecified atom stereocenters. The maximum absolute atomic E-state index is 5.57. The monoisotopic (exact) mass is 274 g/mol. The van der Waals surface area contributed by atoms with Crippen molar-refractivity contribution in [2.24, 2.45) is 5.92 Å². The van der Waals surface area contributed by atoms with Crippen molar-refractivity contribution in [3.8, 4) is 0 Å². The van der Waals surface area contributed by atoms with Gasteiger partial charge in [-0.3, -0.25) is 0 Å². The minimum atomic E-state index is -2.33. The standard InChI is InChI=1S/C13H26O4Si/c1-14-18(15-2,16-3)9-5-4-6-11-7-8-12-13(10-11)17-12/h11-13H,4-10H2,1-3H3. The topological polar surface area (TPSA) is 40.2 Å². The molecular weight excluding hydrogens is 248 g/mol. The number of hydrogen-bond donors (Lipinski definition) is 0. The second-order valence-corrected chi connectivity index (χ2v) is 8.52. The van der Waals surface area contributed by atoms with Gasteiger partial charge in [-0.1, -0.05) is 12.8 Å². The predicted molar refractivity (Wildman–Crippen MR) is 71.4 cm³/mol. The van der Waals surface area contributed by atoms with E-state index in [0.29, 0.717) is 12.2 Å². The Morgan fingerprint density at radius 1 is 1.00 bits per heavy atom. The molecule has 0 N–H and O–H groups in total. The van der Waals surface area contributed by atoms with E-state index in [1.54, 1.807) is 21.3 Å². The Balaban J connectivity index is 1.60. The van der Waals surface area contributed by atoms with Gasteiger partial charge < -0.3 is 18.0 Å². The summed E-state index contributed by atoms with van der Waals surface area (Å²) in [4.78, 5) is 0. The van der Waals surface area contributed by atoms with Crippen LogP contribution in [0.4, 0.5) is 0 Å². The van der Waals surface area contributed by atoms with Crippen molar-refractivity contribution in [3.63, 3.8) is 0 Å². The summed E-state index contributed by atoms with van der Waals surface area (Å²) in [5.41, 5.74) is 0. The minimum absolute atomic E-state index is 0.606. The summed E-state index contributed by atoms with van der Waals surface area (Å²) in [6, 6.07) is 0.922. The molecule has 1 saturated heterocycles. The van der Waals surface area contributed by atoms with E-state index in [1.165, 1.54) is 32.1 Å². The zero-order chi connectivity index (χ0) is 13.0. The quantitative estimate of drug-likeness (QED) is 0.387. The molecule has 106 valence electrons. The highest BCUT2D eigenvalue weighted by Gasteiger charge is 2.43. The van der Waals surface area contributed by atoms with Crippen LogP contribution in [-0.4, -0.2) is 42.3 Å². The van der Waals surface area contributed by atoms with Crippen molar-refractivity contribution in [2.45, 2.75) is 56.8 Å². The summed E-state index contributed by atoms with van der Waals surface area (Å²) in [6.07, 6.45) is 8.83. The van der Waals surface area contributed by atoms with E-state index in [9.17, 15) is 0 Å². The molecule has 1 aliphatic carbocycles. The van der Waals surface area contributed by atoms with Gasteiger partial charge >= 0.3 is 8.80 Å². The van der Waals surface area contributed by atoms with E-state index < -0.39 is 8.80 Å². The molecule has 2 fully saturated rings. The molecule has 0 aromatic rings. The van der Waals surface area contributed by atoms with Gasteiger partial charge in [0.1, 0.15) is 0 Å². The Labute approximate surface area is 111 Å². The van der Waals surface area contributed by atoms with Crippen LogP contribution in [0.5, 0.6) is 0 Å². The average molecular weight is 274 g/mol. The zero-order valence-electron chi connectivity index (χ0n) is 11.8. The van der Waals surface area contributed by atoms with Crippen molar-refractivity contribution in [1.82, 2.24) is 0 Å². The average Bonchev–Trinajstić information content (AvgIpc) is 3.18. The molecule has 0 bridgehead atoms. The molecule has 0 radical (unpaired) electrons. The van der Waals surface area contributed by atoms with Gasteiger partial charge in [0.15, 0.2) is 0 Å². The van der Waals surface area contributed by atoms with Crippen LogP contribution in [0.15, 0.2) is 0 Å². The van der Waals surface area contributed by atoms with Crippen molar-refractivity contribution >= 4 is 8.80 Å². The molecule has 18 heavy (non-hydrogen) atoms. The third-order valence-corrected chi connectivity index (χ3v) is 7.22. The molecule has 0 amide bonds. The molecule has 2 rings (SSSR count). The first-order chi connectivity index (χ1) is 8.73. The van der Waals surface area contributed by atoms with E-state index in [2.05, 4.69) is 0 Å². The third-order valence-electron chi connectivity index (χ3n) is 4.39. The van der Waals surface area contributed by atoms with Gasteiger partial charge in [-0.05, 0) is 31.6 Å². The highest BCUT2D eigenvalue weighted by Crippen LogP contribution is 2.41. The SMILES string of the molecule is CO[Si](CCCCC1CCC2OC2C1)(OC)OC. The smallest absolute Gasteiger partial charge is 0.377 e. The first kappa shape index (κ1) is 14.5. The van der Waals surface area contributed by atoms with Crippen LogP contribution in [0.1, 0.15) is 38.5 Å². The van der Waals surface area contributed by atoms with Gasteiger partial charge in [0.2, 0.25) is 0 Å². The Morgan fingerprint density at radius 3 is 2.33 bits per heavy atom. The van der Waals surface area contributed by atoms with Crippen molar-refractivity contribution in [2.75, 3.05) is 21.3 Å². The van der Waals surface area contributed by atoms with E-state index in [1.807, 2.05) is 0 Å². The Bertz CT molecular complexity index is 249. The van der Waals surface area contributed by atoms with E-state index in [-0.39, 0.29) is 0 Å². The lowest BCUT2D eigenvalue weighted by atomic mass is 9.86. The summed E-state index contributed by atoms with van der Waals surface area (Å²) in [7, 11) is 2.72. The van der Waals surface area contributed by atoms with Gasteiger partial charge in [-0.25, -0.2) is 0 Å². The molecule has 0 aromatic heterocycles. The summed E-state index contributed by atoms with van der Waals surface area (Å²) < 4.78 is 21.8. The highest BCUT2D eigenvalue weighted by atomic mass is 28.4. The first-order valence-electron chi connectivity index (χ1n) is 7.04. The zero-order valence-corrected chi connectivity index (χ0v) is 12.8. The van der Waals surface area contributed by atoms with Crippen molar-refractivity contribution < 1.29 is 18.0 Å². The molecule has 0 aromatic carbocycles. The molecular formula is C13H26O4Si. The van der Waals surface area contributed by atoms with Crippen LogP contribution in [-0.2, 0) is 18.0 Å². The highest BCUT2D eigenvalue weighted by molar-refractivity contribution is 6.60. The molecule has 5 heteroatoms. The number of fused-ring (bicyclic) bond motifs is 1. The molecule has 1 heterocycles. The lowest BCUT2D eigenvalue weighted by molar-refractivity contribution is 0.122. The molecule has 4 nitrogen and oxygen atoms in total. The van der Waals surface area contributed by atoms with Crippen molar-refractivity contribution in [1.29, 1.82) is 0 Å². The fourth-order valence-electron chi connectivity index (χ4n) is 3.08. The van der Waals surface area contributed by atoms with Gasteiger partial charge in [0.25, 0.3) is 0 Å². The van der Waals surface area contributed by atoms with E-state index >= 15 is 0 Å². The lowest BCUT2D eigenvalue weighted by Gasteiger charge is -2.24. The van der Waals surface area contributed by atoms with Crippen molar-refractivity contribution in [3.05, 3.63) is 0 Å². The van der Waals surface area contributed by atoms with Crippen LogP contribution in [0.3, 0.4) is 0 Å². The summed E-state index contributed by atoms with van der Waals surface area (Å²) in [5.74, 6) is 0.873. The summed E-state index contributed by atoms with van der Waals surface area (Å²) >= 11 is 0. The second-order valence-electron chi connectivity index (χ2n) is 5.43. The fourth-order valence-corrected chi connectivity index (χ4v) is 4.88. The minimum Gasteiger partial charge on any atom is -0.377 e. The number of rotatable bonds is 8. The number of epoxide rings is 1. The molecule has 1 aliphatic heterocycles. The van der Waals surface area contributed by atoms with Gasteiger partial charge in [0, 0.05) is 27.4 Å². The molecule has 3 atom stereocenters. The number of hydrogen-bond acceptors (Lipinski definition) is 4. The molecule has 0 spiro atoms.